The summed E-state index contributed by atoms with van der Waals surface area (Å²) in [5, 5.41) is 2.48. The standard InChI is InChI=1S/C17H22N2/c1-2-14-8-5-6-10-17(14,18)16-12-19-11-13-7-3-4-9-15(13)16/h3-4,7,9,11-12,14H,2,5-6,8,10,18H2,1H3. The molecule has 1 saturated carbocycles. The van der Waals surface area contributed by atoms with Crippen LogP contribution >= 0.6 is 0 Å². The average Bonchev–Trinajstić information content (AvgIpc) is 2.47. The van der Waals surface area contributed by atoms with Crippen LogP contribution in [0.15, 0.2) is 36.7 Å². The number of benzene rings is 1. The lowest BCUT2D eigenvalue weighted by atomic mass is 9.68. The number of fused-ring (bicyclic) bond motifs is 1. The molecule has 2 atom stereocenters. The molecule has 1 aromatic carbocycles. The number of nitrogens with zero attached hydrogens (tertiary/aromatic N) is 1. The van der Waals surface area contributed by atoms with Crippen LogP contribution in [-0.2, 0) is 5.54 Å². The third kappa shape index (κ3) is 2.04. The maximum absolute atomic E-state index is 6.86. The first-order valence-electron chi connectivity index (χ1n) is 7.38. The van der Waals surface area contributed by atoms with Crippen LogP contribution < -0.4 is 5.73 Å². The predicted octanol–water partition coefficient (Wildman–Crippen LogP) is 3.99. The SMILES string of the molecule is CCC1CCCCC1(N)c1cncc2ccccc12. The van der Waals surface area contributed by atoms with Gasteiger partial charge in [0.15, 0.2) is 0 Å². The molecule has 100 valence electrons. The molecule has 2 unspecified atom stereocenters. The lowest BCUT2D eigenvalue weighted by molar-refractivity contribution is 0.185. The van der Waals surface area contributed by atoms with Gasteiger partial charge >= 0.3 is 0 Å². The van der Waals surface area contributed by atoms with Crippen molar-refractivity contribution in [3.05, 3.63) is 42.2 Å². The zero-order valence-corrected chi connectivity index (χ0v) is 11.6. The molecule has 1 aliphatic rings. The zero-order valence-electron chi connectivity index (χ0n) is 11.6. The summed E-state index contributed by atoms with van der Waals surface area (Å²) < 4.78 is 0. The molecule has 1 fully saturated rings. The van der Waals surface area contributed by atoms with E-state index in [1.165, 1.54) is 35.6 Å². The van der Waals surface area contributed by atoms with E-state index in [1.54, 1.807) is 0 Å². The fourth-order valence-electron chi connectivity index (χ4n) is 3.68. The molecule has 0 bridgehead atoms. The normalized spacial score (nSPS) is 27.6. The molecule has 0 amide bonds. The van der Waals surface area contributed by atoms with Crippen molar-refractivity contribution >= 4 is 10.8 Å². The van der Waals surface area contributed by atoms with Gasteiger partial charge in [0.05, 0.1) is 0 Å². The molecular formula is C17H22N2. The molecule has 0 saturated heterocycles. The zero-order chi connectivity index (χ0) is 13.3. The minimum Gasteiger partial charge on any atom is -0.321 e. The summed E-state index contributed by atoms with van der Waals surface area (Å²) in [5.41, 5.74) is 7.92. The summed E-state index contributed by atoms with van der Waals surface area (Å²) in [6.45, 7) is 2.26. The monoisotopic (exact) mass is 254 g/mol. The van der Waals surface area contributed by atoms with E-state index in [0.29, 0.717) is 5.92 Å². The maximum Gasteiger partial charge on any atom is 0.0459 e. The number of pyridine rings is 1. The summed E-state index contributed by atoms with van der Waals surface area (Å²) >= 11 is 0. The molecule has 0 aliphatic heterocycles. The molecule has 19 heavy (non-hydrogen) atoms. The van der Waals surface area contributed by atoms with E-state index >= 15 is 0 Å². The second-order valence-corrected chi connectivity index (χ2v) is 5.80. The lowest BCUT2D eigenvalue weighted by Gasteiger charge is -2.42. The highest BCUT2D eigenvalue weighted by atomic mass is 14.8. The van der Waals surface area contributed by atoms with Gasteiger partial charge in [-0.2, -0.15) is 0 Å². The van der Waals surface area contributed by atoms with Gasteiger partial charge in [0.25, 0.3) is 0 Å². The summed E-state index contributed by atoms with van der Waals surface area (Å²) in [4.78, 5) is 4.42. The van der Waals surface area contributed by atoms with Gasteiger partial charge in [-0.25, -0.2) is 0 Å². The van der Waals surface area contributed by atoms with E-state index in [0.717, 1.165) is 12.8 Å². The van der Waals surface area contributed by atoms with Crippen molar-refractivity contribution in [1.82, 2.24) is 4.98 Å². The molecule has 0 radical (unpaired) electrons. The van der Waals surface area contributed by atoms with Gasteiger partial charge in [-0.1, -0.05) is 50.5 Å². The van der Waals surface area contributed by atoms with Crippen molar-refractivity contribution in [2.24, 2.45) is 11.7 Å². The number of hydrogen-bond acceptors (Lipinski definition) is 2. The first-order valence-corrected chi connectivity index (χ1v) is 7.38. The van der Waals surface area contributed by atoms with E-state index in [9.17, 15) is 0 Å². The van der Waals surface area contributed by atoms with Crippen LogP contribution in [0.3, 0.4) is 0 Å². The topological polar surface area (TPSA) is 38.9 Å². The predicted molar refractivity (Wildman–Crippen MR) is 79.9 cm³/mol. The van der Waals surface area contributed by atoms with Crippen LogP contribution in [0.2, 0.25) is 0 Å². The van der Waals surface area contributed by atoms with Crippen molar-refractivity contribution in [2.75, 3.05) is 0 Å². The Balaban J connectivity index is 2.16. The second-order valence-electron chi connectivity index (χ2n) is 5.80. The van der Waals surface area contributed by atoms with Crippen LogP contribution in [-0.4, -0.2) is 4.98 Å². The quantitative estimate of drug-likeness (QED) is 0.880. The second kappa shape index (κ2) is 4.93. The Morgan fingerprint density at radius 1 is 1.26 bits per heavy atom. The van der Waals surface area contributed by atoms with Crippen LogP contribution in [0.25, 0.3) is 10.8 Å². The van der Waals surface area contributed by atoms with E-state index in [-0.39, 0.29) is 5.54 Å². The maximum atomic E-state index is 6.86. The van der Waals surface area contributed by atoms with Crippen molar-refractivity contribution in [2.45, 2.75) is 44.6 Å². The van der Waals surface area contributed by atoms with Gasteiger partial charge in [-0.05, 0) is 29.7 Å². The molecule has 2 nitrogen and oxygen atoms in total. The Hall–Kier alpha value is -1.41. The Labute approximate surface area is 115 Å². The molecule has 1 aliphatic carbocycles. The Bertz CT molecular complexity index is 573. The first-order chi connectivity index (χ1) is 9.25. The lowest BCUT2D eigenvalue weighted by Crippen LogP contribution is -2.46. The van der Waals surface area contributed by atoms with Gasteiger partial charge < -0.3 is 5.73 Å². The molecule has 3 rings (SSSR count). The minimum atomic E-state index is -0.194. The highest BCUT2D eigenvalue weighted by molar-refractivity contribution is 5.85. The molecule has 0 spiro atoms. The number of rotatable bonds is 2. The van der Waals surface area contributed by atoms with E-state index < -0.39 is 0 Å². The Kier molecular flexibility index (Phi) is 3.28. The van der Waals surface area contributed by atoms with Crippen molar-refractivity contribution < 1.29 is 0 Å². The molecule has 1 heterocycles. The van der Waals surface area contributed by atoms with Gasteiger partial charge in [-0.3, -0.25) is 4.98 Å². The largest absolute Gasteiger partial charge is 0.321 e. The highest BCUT2D eigenvalue weighted by Gasteiger charge is 2.38. The van der Waals surface area contributed by atoms with Crippen molar-refractivity contribution in [3.8, 4) is 0 Å². The summed E-state index contributed by atoms with van der Waals surface area (Å²) in [6.07, 6.45) is 9.96. The van der Waals surface area contributed by atoms with Crippen LogP contribution in [0, 0.1) is 5.92 Å². The van der Waals surface area contributed by atoms with Crippen LogP contribution in [0.4, 0.5) is 0 Å². The van der Waals surface area contributed by atoms with Crippen molar-refractivity contribution in [3.63, 3.8) is 0 Å². The van der Waals surface area contributed by atoms with E-state index in [2.05, 4.69) is 36.2 Å². The fraction of sp³-hybridized carbons (Fsp3) is 0.471. The molecule has 2 heteroatoms. The number of nitrogens with two attached hydrogens (primary N) is 1. The average molecular weight is 254 g/mol. The minimum absolute atomic E-state index is 0.194. The van der Waals surface area contributed by atoms with Gasteiger partial charge in [0.2, 0.25) is 0 Å². The summed E-state index contributed by atoms with van der Waals surface area (Å²) in [5.74, 6) is 0.578. The molecule has 2 N–H and O–H groups in total. The number of aromatic nitrogens is 1. The van der Waals surface area contributed by atoms with Gasteiger partial charge in [-0.15, -0.1) is 0 Å². The third-order valence-corrected chi connectivity index (χ3v) is 4.78. The smallest absolute Gasteiger partial charge is 0.0459 e. The summed E-state index contributed by atoms with van der Waals surface area (Å²) in [7, 11) is 0. The summed E-state index contributed by atoms with van der Waals surface area (Å²) in [6, 6.07) is 8.47. The van der Waals surface area contributed by atoms with Gasteiger partial charge in [0.1, 0.15) is 0 Å². The Morgan fingerprint density at radius 3 is 2.95 bits per heavy atom. The van der Waals surface area contributed by atoms with Crippen LogP contribution in [0.1, 0.15) is 44.6 Å². The molecule has 2 aromatic rings. The van der Waals surface area contributed by atoms with Gasteiger partial charge in [0, 0.05) is 23.3 Å². The first kappa shape index (κ1) is 12.6. The molecular weight excluding hydrogens is 232 g/mol. The highest BCUT2D eigenvalue weighted by Crippen LogP contribution is 2.43. The van der Waals surface area contributed by atoms with E-state index in [1.807, 2.05) is 12.4 Å². The molecule has 1 aromatic heterocycles. The Morgan fingerprint density at radius 2 is 2.11 bits per heavy atom. The third-order valence-electron chi connectivity index (χ3n) is 4.78. The number of hydrogen-bond donors (Lipinski definition) is 1. The fourth-order valence-corrected chi connectivity index (χ4v) is 3.68. The van der Waals surface area contributed by atoms with E-state index in [4.69, 9.17) is 5.73 Å². The van der Waals surface area contributed by atoms with Crippen LogP contribution in [0.5, 0.6) is 0 Å². The van der Waals surface area contributed by atoms with Crippen molar-refractivity contribution in [1.29, 1.82) is 0 Å².